The molecule has 0 aliphatic rings. The van der Waals surface area contributed by atoms with Gasteiger partial charge in [-0.25, -0.2) is 0 Å². The van der Waals surface area contributed by atoms with Crippen molar-refractivity contribution in [2.24, 2.45) is 10.8 Å². The van der Waals surface area contributed by atoms with Gasteiger partial charge in [0.1, 0.15) is 23.0 Å². The van der Waals surface area contributed by atoms with E-state index in [1.807, 2.05) is 79.5 Å². The van der Waals surface area contributed by atoms with Crippen LogP contribution in [0.25, 0.3) is 0 Å². The van der Waals surface area contributed by atoms with Crippen molar-refractivity contribution in [2.75, 3.05) is 41.3 Å². The zero-order valence-corrected chi connectivity index (χ0v) is 21.7. The van der Waals surface area contributed by atoms with E-state index in [2.05, 4.69) is 0 Å². The topological polar surface area (TPSA) is 59.1 Å². The molecule has 0 amide bonds. The lowest BCUT2D eigenvalue weighted by atomic mass is 9.61. The van der Waals surface area contributed by atoms with Gasteiger partial charge in [0.15, 0.2) is 0 Å². The minimum atomic E-state index is -1.41. The third-order valence-corrected chi connectivity index (χ3v) is 4.94. The highest BCUT2D eigenvalue weighted by molar-refractivity contribution is 5.95. The standard InChI is InChI=1S/C26H44N2O4/c1-11-15-25(16-12-2,23(29)31-21(5)19-27(7)8)26(17-13-3,18-14-4)24(30)32-22(6)20-28(9)10/h11-18,21-22H,19-20H2,1-10H3/b15-11-,16-12-,17-13-,18-14-/t21-,22-/m0/s1. The Bertz CT molecular complexity index is 621. The maximum atomic E-state index is 13.8. The molecule has 0 bridgehead atoms. The summed E-state index contributed by atoms with van der Waals surface area (Å²) < 4.78 is 11.8. The number of hydrogen-bond donors (Lipinski definition) is 0. The summed E-state index contributed by atoms with van der Waals surface area (Å²) in [5, 5.41) is 0. The highest BCUT2D eigenvalue weighted by Gasteiger charge is 2.57. The highest BCUT2D eigenvalue weighted by atomic mass is 16.6. The second kappa shape index (κ2) is 14.1. The second-order valence-electron chi connectivity index (χ2n) is 8.69. The molecule has 182 valence electrons. The quantitative estimate of drug-likeness (QED) is 0.310. The number of hydrogen-bond acceptors (Lipinski definition) is 6. The van der Waals surface area contributed by atoms with Crippen molar-refractivity contribution in [3.05, 3.63) is 48.6 Å². The molecule has 0 N–H and O–H groups in total. The lowest BCUT2D eigenvalue weighted by molar-refractivity contribution is -0.171. The number of carbonyl (C=O) groups excluding carboxylic acids is 2. The monoisotopic (exact) mass is 448 g/mol. The molecule has 2 atom stereocenters. The van der Waals surface area contributed by atoms with Gasteiger partial charge in [-0.3, -0.25) is 9.59 Å². The van der Waals surface area contributed by atoms with Crippen LogP contribution in [0.5, 0.6) is 0 Å². The number of carbonyl (C=O) groups is 2. The zero-order chi connectivity index (χ0) is 24.9. The van der Waals surface area contributed by atoms with Crippen LogP contribution in [0.2, 0.25) is 0 Å². The molecule has 32 heavy (non-hydrogen) atoms. The molecule has 0 aliphatic carbocycles. The second-order valence-corrected chi connectivity index (χ2v) is 8.69. The van der Waals surface area contributed by atoms with E-state index in [1.165, 1.54) is 0 Å². The highest BCUT2D eigenvalue weighted by Crippen LogP contribution is 2.48. The molecule has 0 fully saturated rings. The maximum absolute atomic E-state index is 13.8. The third kappa shape index (κ3) is 7.75. The predicted octanol–water partition coefficient (Wildman–Crippen LogP) is 4.25. The van der Waals surface area contributed by atoms with Crippen LogP contribution in [0.4, 0.5) is 0 Å². The lowest BCUT2D eigenvalue weighted by Gasteiger charge is -2.41. The average molecular weight is 449 g/mol. The van der Waals surface area contributed by atoms with Gasteiger partial charge in [-0.2, -0.15) is 0 Å². The van der Waals surface area contributed by atoms with E-state index in [9.17, 15) is 9.59 Å². The molecule has 0 aromatic carbocycles. The molecule has 0 saturated carbocycles. The fraction of sp³-hybridized carbons (Fsp3) is 0.615. The normalized spacial score (nSPS) is 15.5. The van der Waals surface area contributed by atoms with E-state index in [4.69, 9.17) is 9.47 Å². The summed E-state index contributed by atoms with van der Waals surface area (Å²) in [4.78, 5) is 31.5. The molecule has 0 saturated heterocycles. The first-order valence-electron chi connectivity index (χ1n) is 11.2. The zero-order valence-electron chi connectivity index (χ0n) is 21.7. The van der Waals surface area contributed by atoms with Gasteiger partial charge in [0.2, 0.25) is 0 Å². The molecule has 6 nitrogen and oxygen atoms in total. The third-order valence-electron chi connectivity index (χ3n) is 4.94. The van der Waals surface area contributed by atoms with Crippen LogP contribution in [0.15, 0.2) is 48.6 Å². The SMILES string of the molecule is C/C=C\C(/C=C\C)(C(=O)O[C@@H](C)CN(C)C)C(/C=C\C)(/C=C\C)C(=O)O[C@@H](C)CN(C)C. The Morgan fingerprint density at radius 3 is 1.09 bits per heavy atom. The van der Waals surface area contributed by atoms with E-state index in [0.717, 1.165) is 0 Å². The van der Waals surface area contributed by atoms with Crippen molar-refractivity contribution >= 4 is 11.9 Å². The van der Waals surface area contributed by atoms with E-state index in [0.29, 0.717) is 13.1 Å². The van der Waals surface area contributed by atoms with Crippen molar-refractivity contribution in [3.63, 3.8) is 0 Å². The number of ether oxygens (including phenoxy) is 2. The Labute approximate surface area is 195 Å². The summed E-state index contributed by atoms with van der Waals surface area (Å²) in [5.41, 5.74) is -2.82. The van der Waals surface area contributed by atoms with Gasteiger partial charge in [-0.1, -0.05) is 48.6 Å². The van der Waals surface area contributed by atoms with E-state index >= 15 is 0 Å². The first-order chi connectivity index (χ1) is 15.0. The number of esters is 2. The van der Waals surface area contributed by atoms with Crippen LogP contribution in [-0.4, -0.2) is 75.2 Å². The number of likely N-dealkylation sites (N-methyl/N-ethyl adjacent to an activating group) is 2. The van der Waals surface area contributed by atoms with Crippen LogP contribution in [0.1, 0.15) is 41.5 Å². The van der Waals surface area contributed by atoms with Gasteiger partial charge in [0, 0.05) is 13.1 Å². The summed E-state index contributed by atoms with van der Waals surface area (Å²) >= 11 is 0. The van der Waals surface area contributed by atoms with Crippen LogP contribution in [0, 0.1) is 10.8 Å². The van der Waals surface area contributed by atoms with Crippen molar-refractivity contribution in [2.45, 2.75) is 53.8 Å². The van der Waals surface area contributed by atoms with E-state index in [1.54, 1.807) is 48.6 Å². The van der Waals surface area contributed by atoms with Gasteiger partial charge in [-0.15, -0.1) is 0 Å². The Morgan fingerprint density at radius 2 is 0.906 bits per heavy atom. The molecular formula is C26H44N2O4. The van der Waals surface area contributed by atoms with Gasteiger partial charge >= 0.3 is 11.9 Å². The smallest absolute Gasteiger partial charge is 0.322 e. The Balaban J connectivity index is 6.79. The van der Waals surface area contributed by atoms with Crippen molar-refractivity contribution in [1.82, 2.24) is 9.80 Å². The molecule has 0 aliphatic heterocycles. The molecule has 0 spiro atoms. The van der Waals surface area contributed by atoms with E-state index < -0.39 is 22.8 Å². The first-order valence-corrected chi connectivity index (χ1v) is 11.2. The van der Waals surface area contributed by atoms with Crippen LogP contribution in [-0.2, 0) is 19.1 Å². The number of allylic oxidation sites excluding steroid dienone is 4. The summed E-state index contributed by atoms with van der Waals surface area (Å²) in [5.74, 6) is -1.01. The molecule has 6 heteroatoms. The van der Waals surface area contributed by atoms with Gasteiger partial charge in [-0.05, 0) is 69.7 Å². The minimum Gasteiger partial charge on any atom is -0.460 e. The summed E-state index contributed by atoms with van der Waals surface area (Å²) in [6.45, 7) is 12.1. The van der Waals surface area contributed by atoms with Crippen molar-refractivity contribution in [3.8, 4) is 0 Å². The Kier molecular flexibility index (Phi) is 13.1. The summed E-state index contributed by atoms with van der Waals surface area (Å²) in [6.07, 6.45) is 13.3. The average Bonchev–Trinajstić information content (AvgIpc) is 2.65. The van der Waals surface area contributed by atoms with Crippen LogP contribution < -0.4 is 0 Å². The molecule has 0 radical (unpaired) electrons. The predicted molar refractivity (Wildman–Crippen MR) is 132 cm³/mol. The number of nitrogens with zero attached hydrogens (tertiary/aromatic N) is 2. The molecule has 0 rings (SSSR count). The first kappa shape index (κ1) is 29.8. The van der Waals surface area contributed by atoms with E-state index in [-0.39, 0.29) is 12.2 Å². The maximum Gasteiger partial charge on any atom is 0.322 e. The fourth-order valence-corrected chi connectivity index (χ4v) is 3.99. The Morgan fingerprint density at radius 1 is 0.656 bits per heavy atom. The minimum absolute atomic E-state index is 0.356. The molecule has 0 heterocycles. The van der Waals surface area contributed by atoms with Crippen LogP contribution >= 0.6 is 0 Å². The summed E-state index contributed by atoms with van der Waals surface area (Å²) in [6, 6.07) is 0. The van der Waals surface area contributed by atoms with Crippen LogP contribution in [0.3, 0.4) is 0 Å². The van der Waals surface area contributed by atoms with Gasteiger partial charge in [0.05, 0.1) is 0 Å². The van der Waals surface area contributed by atoms with Gasteiger partial charge in [0.25, 0.3) is 0 Å². The largest absolute Gasteiger partial charge is 0.460 e. The lowest BCUT2D eigenvalue weighted by Crippen LogP contribution is -2.51. The van der Waals surface area contributed by atoms with Crippen molar-refractivity contribution in [1.29, 1.82) is 0 Å². The summed E-state index contributed by atoms with van der Waals surface area (Å²) in [7, 11) is 7.68. The fourth-order valence-electron chi connectivity index (χ4n) is 3.99. The Hall–Kier alpha value is -2.18. The van der Waals surface area contributed by atoms with Gasteiger partial charge < -0.3 is 19.3 Å². The molecule has 0 unspecified atom stereocenters. The van der Waals surface area contributed by atoms with Crippen molar-refractivity contribution < 1.29 is 19.1 Å². The molecule has 0 aromatic rings. The molecule has 0 aromatic heterocycles. The molecular weight excluding hydrogens is 404 g/mol. The number of rotatable bonds is 13.